The molecule has 2 aromatic rings. The number of ether oxygens (including phenoxy) is 4. The second-order valence-electron chi connectivity index (χ2n) is 12.9. The van der Waals surface area contributed by atoms with E-state index in [1.165, 1.54) is 25.1 Å². The van der Waals surface area contributed by atoms with Crippen molar-refractivity contribution in [1.82, 2.24) is 0 Å². The lowest BCUT2D eigenvalue weighted by atomic mass is 9.71. The van der Waals surface area contributed by atoms with Gasteiger partial charge in [-0.15, -0.1) is 0 Å². The number of ketones is 2. The van der Waals surface area contributed by atoms with E-state index >= 15 is 0 Å². The van der Waals surface area contributed by atoms with Gasteiger partial charge in [-0.1, -0.05) is 12.1 Å². The number of aliphatic hydroxyl groups is 4. The number of aromatic hydroxyl groups is 3. The summed E-state index contributed by atoms with van der Waals surface area (Å²) in [7, 11) is 0. The minimum atomic E-state index is -1.88. The quantitative estimate of drug-likeness (QED) is 0.112. The summed E-state index contributed by atoms with van der Waals surface area (Å²) in [6.07, 6.45) is -7.85. The summed E-state index contributed by atoms with van der Waals surface area (Å²) in [5.41, 5.74) is 3.00. The minimum absolute atomic E-state index is 0.0429. The monoisotopic (exact) mass is 661 g/mol. The van der Waals surface area contributed by atoms with Gasteiger partial charge in [0.15, 0.2) is 18.4 Å². The van der Waals surface area contributed by atoms with E-state index in [1.807, 2.05) is 0 Å². The second-order valence-corrected chi connectivity index (χ2v) is 12.9. The Morgan fingerprint density at radius 3 is 2.34 bits per heavy atom. The van der Waals surface area contributed by atoms with Gasteiger partial charge in [-0.05, 0) is 33.8 Å². The first-order chi connectivity index (χ1) is 22.1. The molecule has 47 heavy (non-hydrogen) atoms. The number of rotatable bonds is 10. The fourth-order valence-corrected chi connectivity index (χ4v) is 6.68. The summed E-state index contributed by atoms with van der Waals surface area (Å²) in [5, 5.41) is 74.9. The van der Waals surface area contributed by atoms with Crippen molar-refractivity contribution in [3.63, 3.8) is 0 Å². The number of hydrogen-bond donors (Lipinski definition) is 8. The topological polar surface area (TPSA) is 239 Å². The van der Waals surface area contributed by atoms with Crippen molar-refractivity contribution in [2.24, 2.45) is 5.73 Å². The van der Waals surface area contributed by atoms with Gasteiger partial charge in [0.05, 0.1) is 59.4 Å². The van der Waals surface area contributed by atoms with E-state index in [2.05, 4.69) is 0 Å². The number of nitrogens with two attached hydrogens (primary N) is 1. The van der Waals surface area contributed by atoms with E-state index < -0.39 is 101 Å². The van der Waals surface area contributed by atoms with Crippen molar-refractivity contribution < 1.29 is 64.3 Å². The lowest BCUT2D eigenvalue weighted by molar-refractivity contribution is -0.286. The molecule has 0 radical (unpaired) electrons. The van der Waals surface area contributed by atoms with Crippen LogP contribution in [0, 0.1) is 0 Å². The molecule has 0 saturated carbocycles. The van der Waals surface area contributed by atoms with Gasteiger partial charge in [0.1, 0.15) is 23.4 Å². The average Bonchev–Trinajstić information content (AvgIpc) is 2.98. The second kappa shape index (κ2) is 13.4. The molecule has 3 aliphatic rings. The van der Waals surface area contributed by atoms with Gasteiger partial charge >= 0.3 is 0 Å². The molecule has 14 heteroatoms. The zero-order valence-corrected chi connectivity index (χ0v) is 26.6. The van der Waals surface area contributed by atoms with Gasteiger partial charge in [-0.2, -0.15) is 0 Å². The Morgan fingerprint density at radius 2 is 1.72 bits per heavy atom. The first-order valence-electron chi connectivity index (χ1n) is 15.7. The van der Waals surface area contributed by atoms with E-state index in [1.54, 1.807) is 20.8 Å². The van der Waals surface area contributed by atoms with Crippen LogP contribution in [0.1, 0.15) is 96.0 Å². The van der Waals surface area contributed by atoms with Crippen LogP contribution >= 0.6 is 0 Å². The predicted molar refractivity (Wildman–Crippen MR) is 163 cm³/mol. The highest BCUT2D eigenvalue weighted by atomic mass is 16.7. The van der Waals surface area contributed by atoms with Crippen LogP contribution in [-0.4, -0.2) is 109 Å². The van der Waals surface area contributed by atoms with Crippen LogP contribution in [0.15, 0.2) is 18.2 Å². The normalized spacial score (nSPS) is 29.8. The van der Waals surface area contributed by atoms with Gasteiger partial charge in [-0.25, -0.2) is 0 Å². The Kier molecular flexibility index (Phi) is 10.0. The Bertz CT molecular complexity index is 1510. The number of carbonyl (C=O) groups is 2. The third-order valence-corrected chi connectivity index (χ3v) is 9.19. The molecule has 0 aromatic heterocycles. The number of carbonyl (C=O) groups excluding carboxylic acids is 2. The van der Waals surface area contributed by atoms with Gasteiger partial charge < -0.3 is 60.4 Å². The van der Waals surface area contributed by atoms with Gasteiger partial charge in [0.2, 0.25) is 5.78 Å². The molecule has 0 bridgehead atoms. The molecule has 258 valence electrons. The van der Waals surface area contributed by atoms with Gasteiger partial charge in [-0.3, -0.25) is 9.59 Å². The lowest BCUT2D eigenvalue weighted by Crippen LogP contribution is -2.55. The summed E-state index contributed by atoms with van der Waals surface area (Å²) < 4.78 is 24.2. The highest BCUT2D eigenvalue weighted by molar-refractivity contribution is 6.31. The largest absolute Gasteiger partial charge is 0.507 e. The molecule has 10 atom stereocenters. The Labute approximate surface area is 271 Å². The van der Waals surface area contributed by atoms with Gasteiger partial charge in [0, 0.05) is 48.4 Å². The molecule has 1 saturated heterocycles. The van der Waals surface area contributed by atoms with Crippen LogP contribution in [0.5, 0.6) is 17.2 Å². The van der Waals surface area contributed by atoms with Crippen molar-refractivity contribution in [3.8, 4) is 17.2 Å². The van der Waals surface area contributed by atoms with Crippen molar-refractivity contribution in [2.75, 3.05) is 6.61 Å². The van der Waals surface area contributed by atoms with Crippen LogP contribution in [0.3, 0.4) is 0 Å². The molecule has 1 heterocycles. The Morgan fingerprint density at radius 1 is 1.04 bits per heavy atom. The molecule has 14 nitrogen and oxygen atoms in total. The molecule has 9 N–H and O–H groups in total. The number of benzene rings is 2. The maximum atomic E-state index is 13.6. The SMILES string of the molecule is C[C@H](O)C[C@@H](O[C@@H]1[C@H](C)OC(OC2C[C@](O)([C@@H](C)O)Cc3c(O)c4c(c(O)c32)C(=O)c2c(O)cccc2C4=O)C[C@@H]1N)O[C@@H](C)CO. The number of hydrogen-bond acceptors (Lipinski definition) is 14. The van der Waals surface area contributed by atoms with Crippen molar-refractivity contribution in [1.29, 1.82) is 0 Å². The highest BCUT2D eigenvalue weighted by Gasteiger charge is 2.49. The fraction of sp³-hybridized carbons (Fsp3) is 0.576. The summed E-state index contributed by atoms with van der Waals surface area (Å²) in [6.45, 7) is 5.99. The Balaban J connectivity index is 1.48. The molecular weight excluding hydrogens is 618 g/mol. The minimum Gasteiger partial charge on any atom is -0.507 e. The molecule has 0 amide bonds. The first kappa shape index (κ1) is 35.1. The lowest BCUT2D eigenvalue weighted by Gasteiger charge is -2.44. The molecule has 2 aromatic carbocycles. The number of fused-ring (bicyclic) bond motifs is 3. The maximum absolute atomic E-state index is 13.6. The zero-order valence-electron chi connectivity index (χ0n) is 26.6. The third-order valence-electron chi connectivity index (χ3n) is 9.19. The summed E-state index contributed by atoms with van der Waals surface area (Å²) in [5.74, 6) is -3.48. The summed E-state index contributed by atoms with van der Waals surface area (Å²) >= 11 is 0. The Hall–Kier alpha value is -3.18. The van der Waals surface area contributed by atoms with E-state index in [4.69, 9.17) is 24.7 Å². The molecular formula is C33H43NO13. The molecule has 5 rings (SSSR count). The molecule has 2 aliphatic carbocycles. The standard InChI is InChI=1S/C33H43NO13/c1-13(36)8-22(44-14(2)12-35)47-32-15(3)45-23(9-19(32)34)46-21-11-33(43,16(4)37)10-18-25(21)31(42)27-26(29(18)40)28(39)17-6-5-7-20(38)24(17)30(27)41/h5-7,13-16,19,21-23,32,35-38,40,42-43H,8-12,34H2,1-4H3/t13-,14-,15-,16+,19-,21?,22+,23?,32+,33-/m0/s1. The van der Waals surface area contributed by atoms with Crippen LogP contribution in [0.25, 0.3) is 0 Å². The third kappa shape index (κ3) is 6.49. The molecule has 1 aliphatic heterocycles. The van der Waals surface area contributed by atoms with Crippen LogP contribution < -0.4 is 5.73 Å². The first-order valence-corrected chi connectivity index (χ1v) is 15.7. The van der Waals surface area contributed by atoms with Crippen molar-refractivity contribution >= 4 is 11.6 Å². The predicted octanol–water partition coefficient (Wildman–Crippen LogP) is 1.04. The molecule has 0 spiro atoms. The molecule has 2 unspecified atom stereocenters. The average molecular weight is 662 g/mol. The summed E-state index contributed by atoms with van der Waals surface area (Å²) in [6, 6.07) is 3.22. The maximum Gasteiger partial charge on any atom is 0.202 e. The fourth-order valence-electron chi connectivity index (χ4n) is 6.68. The van der Waals surface area contributed by atoms with E-state index in [0.717, 1.165) is 0 Å². The number of phenols is 3. The van der Waals surface area contributed by atoms with Gasteiger partial charge in [0.25, 0.3) is 0 Å². The highest BCUT2D eigenvalue weighted by Crippen LogP contribution is 2.53. The van der Waals surface area contributed by atoms with E-state index in [-0.39, 0.29) is 54.5 Å². The van der Waals surface area contributed by atoms with Crippen LogP contribution in [0.4, 0.5) is 0 Å². The van der Waals surface area contributed by atoms with E-state index in [0.29, 0.717) is 0 Å². The smallest absolute Gasteiger partial charge is 0.202 e. The van der Waals surface area contributed by atoms with Crippen LogP contribution in [0.2, 0.25) is 0 Å². The van der Waals surface area contributed by atoms with Crippen molar-refractivity contribution in [2.45, 2.75) is 114 Å². The number of aliphatic hydroxyl groups excluding tert-OH is 3. The van der Waals surface area contributed by atoms with Crippen molar-refractivity contribution in [3.05, 3.63) is 51.6 Å². The number of phenolic OH excluding ortho intramolecular Hbond substituents is 3. The molecule has 1 fully saturated rings. The van der Waals surface area contributed by atoms with E-state index in [9.17, 15) is 45.3 Å². The summed E-state index contributed by atoms with van der Waals surface area (Å²) in [4.78, 5) is 27.1. The zero-order chi connectivity index (χ0) is 34.5. The van der Waals surface area contributed by atoms with Crippen LogP contribution in [-0.2, 0) is 25.4 Å².